The summed E-state index contributed by atoms with van der Waals surface area (Å²) < 4.78 is 5.33. The Morgan fingerprint density at radius 1 is 1.26 bits per heavy atom. The zero-order valence-electron chi connectivity index (χ0n) is 10.4. The maximum Gasteiger partial charge on any atom is 0.126 e. The quantitative estimate of drug-likeness (QED) is 0.528. The fourth-order valence-corrected chi connectivity index (χ4v) is 2.02. The number of hydrogen-bond acceptors (Lipinski definition) is 3. The Bertz CT molecular complexity index is 714. The normalized spacial score (nSPS) is 11.1. The van der Waals surface area contributed by atoms with Crippen molar-refractivity contribution in [3.8, 4) is 11.8 Å². The van der Waals surface area contributed by atoms with Crippen LogP contribution in [0.3, 0.4) is 0 Å². The van der Waals surface area contributed by atoms with Gasteiger partial charge in [-0.3, -0.25) is 0 Å². The van der Waals surface area contributed by atoms with Crippen LogP contribution in [-0.4, -0.2) is 12.1 Å². The molecule has 94 valence electrons. The maximum absolute atomic E-state index is 9.02. The van der Waals surface area contributed by atoms with Crippen molar-refractivity contribution in [3.63, 3.8) is 0 Å². The number of ether oxygens (including phenoxy) is 1. The Balaban J connectivity index is 2.70. The molecule has 0 spiro atoms. The minimum atomic E-state index is 0.0994. The summed E-state index contributed by atoms with van der Waals surface area (Å²) in [6.45, 7) is 0. The van der Waals surface area contributed by atoms with Crippen molar-refractivity contribution in [2.24, 2.45) is 5.73 Å². The van der Waals surface area contributed by atoms with E-state index in [0.29, 0.717) is 5.57 Å². The van der Waals surface area contributed by atoms with E-state index in [9.17, 15) is 0 Å². The van der Waals surface area contributed by atoms with E-state index >= 15 is 0 Å². The van der Waals surface area contributed by atoms with E-state index in [1.807, 2.05) is 42.5 Å². The Kier molecular flexibility index (Phi) is 3.79. The van der Waals surface area contributed by atoms with Gasteiger partial charge in [-0.2, -0.15) is 5.26 Å². The van der Waals surface area contributed by atoms with Gasteiger partial charge in [0.05, 0.1) is 12.7 Å². The summed E-state index contributed by atoms with van der Waals surface area (Å²) in [5.41, 5.74) is 6.70. The van der Waals surface area contributed by atoms with Crippen molar-refractivity contribution in [2.75, 3.05) is 7.11 Å². The Morgan fingerprint density at radius 3 is 2.53 bits per heavy atom. The van der Waals surface area contributed by atoms with E-state index in [0.717, 1.165) is 22.1 Å². The molecule has 0 aliphatic heterocycles. The molecule has 4 heteroatoms. The Morgan fingerprint density at radius 2 is 1.95 bits per heavy atom. The number of rotatable bonds is 3. The molecule has 0 aliphatic carbocycles. The Labute approximate surface area is 116 Å². The molecule has 2 N–H and O–H groups in total. The van der Waals surface area contributed by atoms with Crippen LogP contribution in [0, 0.1) is 11.3 Å². The van der Waals surface area contributed by atoms with Gasteiger partial charge in [0.25, 0.3) is 0 Å². The largest absolute Gasteiger partial charge is 0.496 e. The molecule has 0 heterocycles. The van der Waals surface area contributed by atoms with Gasteiger partial charge in [-0.25, -0.2) is 0 Å². The molecule has 0 bridgehead atoms. The molecule has 3 nitrogen and oxygen atoms in total. The van der Waals surface area contributed by atoms with Crippen LogP contribution in [0.5, 0.6) is 5.75 Å². The summed E-state index contributed by atoms with van der Waals surface area (Å²) in [5, 5.41) is 11.0. The van der Waals surface area contributed by atoms with Crippen LogP contribution < -0.4 is 10.5 Å². The average Bonchev–Trinajstić information content (AvgIpc) is 2.44. The van der Waals surface area contributed by atoms with Gasteiger partial charge in [0.2, 0.25) is 0 Å². The molecule has 19 heavy (non-hydrogen) atoms. The van der Waals surface area contributed by atoms with Crippen molar-refractivity contribution in [3.05, 3.63) is 47.5 Å². The van der Waals surface area contributed by atoms with Crippen molar-refractivity contribution in [2.45, 2.75) is 0 Å². The van der Waals surface area contributed by atoms with Crippen molar-refractivity contribution in [1.82, 2.24) is 0 Å². The predicted molar refractivity (Wildman–Crippen MR) is 80.9 cm³/mol. The van der Waals surface area contributed by atoms with Gasteiger partial charge in [0, 0.05) is 5.39 Å². The summed E-state index contributed by atoms with van der Waals surface area (Å²) in [7, 11) is 1.63. The lowest BCUT2D eigenvalue weighted by Gasteiger charge is -2.08. The molecule has 0 amide bonds. The van der Waals surface area contributed by atoms with Crippen LogP contribution in [-0.2, 0) is 0 Å². The van der Waals surface area contributed by atoms with Gasteiger partial charge < -0.3 is 10.5 Å². The van der Waals surface area contributed by atoms with Gasteiger partial charge in [-0.1, -0.05) is 42.5 Å². The number of nitriles is 1. The molecule has 0 unspecified atom stereocenters. The van der Waals surface area contributed by atoms with Crippen LogP contribution in [0.15, 0.2) is 42.0 Å². The molecule has 2 rings (SSSR count). The average molecular weight is 268 g/mol. The highest BCUT2D eigenvalue weighted by Gasteiger charge is 2.06. The SMILES string of the molecule is COc1ccc(/C=C(/C#N)C(N)=S)c2ccccc12. The second kappa shape index (κ2) is 5.51. The molecule has 2 aromatic rings. The van der Waals surface area contributed by atoms with Gasteiger partial charge in [-0.05, 0) is 23.1 Å². The second-order valence-corrected chi connectivity index (χ2v) is 4.38. The third-order valence-electron chi connectivity index (χ3n) is 2.82. The summed E-state index contributed by atoms with van der Waals surface area (Å²) in [6.07, 6.45) is 1.70. The van der Waals surface area contributed by atoms with Crippen LogP contribution >= 0.6 is 12.2 Å². The van der Waals surface area contributed by atoms with Gasteiger partial charge >= 0.3 is 0 Å². The summed E-state index contributed by atoms with van der Waals surface area (Å²) in [4.78, 5) is 0.0994. The van der Waals surface area contributed by atoms with E-state index < -0.39 is 0 Å². The van der Waals surface area contributed by atoms with Crippen LogP contribution in [0.2, 0.25) is 0 Å². The standard InChI is InChI=1S/C15H12N2OS/c1-18-14-7-6-10(8-11(9-16)15(17)19)12-4-2-3-5-13(12)14/h2-8H,1H3,(H2,17,19)/b11-8-. The van der Waals surface area contributed by atoms with E-state index in [1.165, 1.54) is 0 Å². The summed E-state index contributed by atoms with van der Waals surface area (Å²) >= 11 is 4.85. The fraction of sp³-hybridized carbons (Fsp3) is 0.0667. The van der Waals surface area contributed by atoms with Crippen LogP contribution in [0.1, 0.15) is 5.56 Å². The number of hydrogen-bond donors (Lipinski definition) is 1. The molecule has 0 aliphatic rings. The molecule has 0 radical (unpaired) electrons. The zero-order valence-corrected chi connectivity index (χ0v) is 11.2. The molecular formula is C15H12N2OS. The number of fused-ring (bicyclic) bond motifs is 1. The summed E-state index contributed by atoms with van der Waals surface area (Å²) in [6, 6.07) is 13.6. The monoisotopic (exact) mass is 268 g/mol. The number of thiocarbonyl (C=S) groups is 1. The van der Waals surface area contributed by atoms with Gasteiger partial charge in [-0.15, -0.1) is 0 Å². The maximum atomic E-state index is 9.02. The fourth-order valence-electron chi connectivity index (χ4n) is 1.91. The summed E-state index contributed by atoms with van der Waals surface area (Å²) in [5.74, 6) is 0.793. The van der Waals surface area contributed by atoms with E-state index in [-0.39, 0.29) is 4.99 Å². The molecule has 2 aromatic carbocycles. The number of methoxy groups -OCH3 is 1. The van der Waals surface area contributed by atoms with E-state index in [4.69, 9.17) is 28.0 Å². The topological polar surface area (TPSA) is 59.0 Å². The molecule has 0 saturated heterocycles. The number of nitrogens with two attached hydrogens (primary N) is 1. The highest BCUT2D eigenvalue weighted by molar-refractivity contribution is 7.80. The number of nitrogens with zero attached hydrogens (tertiary/aromatic N) is 1. The zero-order chi connectivity index (χ0) is 13.8. The van der Waals surface area contributed by atoms with Crippen molar-refractivity contribution < 1.29 is 4.74 Å². The molecule has 0 saturated carbocycles. The molecule has 0 fully saturated rings. The van der Waals surface area contributed by atoms with Gasteiger partial charge in [0.15, 0.2) is 0 Å². The minimum Gasteiger partial charge on any atom is -0.496 e. The first kappa shape index (κ1) is 13.1. The highest BCUT2D eigenvalue weighted by Crippen LogP contribution is 2.29. The lowest BCUT2D eigenvalue weighted by Crippen LogP contribution is -2.09. The smallest absolute Gasteiger partial charge is 0.126 e. The van der Waals surface area contributed by atoms with E-state index in [1.54, 1.807) is 13.2 Å². The predicted octanol–water partition coefficient (Wildman–Crippen LogP) is 3.04. The molecular weight excluding hydrogens is 256 g/mol. The third kappa shape index (κ3) is 2.56. The lowest BCUT2D eigenvalue weighted by molar-refractivity contribution is 0.420. The van der Waals surface area contributed by atoms with Gasteiger partial charge in [0.1, 0.15) is 16.8 Å². The first-order valence-electron chi connectivity index (χ1n) is 5.64. The Hall–Kier alpha value is -2.38. The molecule has 0 aromatic heterocycles. The first-order valence-corrected chi connectivity index (χ1v) is 6.05. The van der Waals surface area contributed by atoms with Crippen molar-refractivity contribution in [1.29, 1.82) is 5.26 Å². The lowest BCUT2D eigenvalue weighted by atomic mass is 10.0. The second-order valence-electron chi connectivity index (χ2n) is 3.94. The third-order valence-corrected chi connectivity index (χ3v) is 3.04. The highest BCUT2D eigenvalue weighted by atomic mass is 32.1. The minimum absolute atomic E-state index is 0.0994. The molecule has 0 atom stereocenters. The first-order chi connectivity index (χ1) is 9.17. The van der Waals surface area contributed by atoms with Crippen LogP contribution in [0.4, 0.5) is 0 Å². The number of benzene rings is 2. The van der Waals surface area contributed by atoms with Crippen LogP contribution in [0.25, 0.3) is 16.8 Å². The van der Waals surface area contributed by atoms with E-state index in [2.05, 4.69) is 0 Å². The van der Waals surface area contributed by atoms with Crippen molar-refractivity contribution >= 4 is 34.1 Å².